The minimum Gasteiger partial charge on any atom is -0.497 e. The van der Waals surface area contributed by atoms with Crippen LogP contribution in [0.25, 0.3) is 0 Å². The Morgan fingerprint density at radius 3 is 2.40 bits per heavy atom. The van der Waals surface area contributed by atoms with Crippen LogP contribution in [0.5, 0.6) is 5.75 Å². The minimum absolute atomic E-state index is 0.225. The molecule has 1 saturated heterocycles. The fourth-order valence-electron chi connectivity index (χ4n) is 1.45. The highest BCUT2D eigenvalue weighted by molar-refractivity contribution is 5.90. The smallest absolute Gasteiger partial charge is 0.333 e. The second-order valence-electron chi connectivity index (χ2n) is 4.28. The van der Waals surface area contributed by atoms with Crippen LogP contribution in [-0.2, 0) is 25.7 Å². The Labute approximate surface area is 118 Å². The quantitative estimate of drug-likeness (QED) is 0.479. The normalized spacial score (nSPS) is 16.8. The lowest BCUT2D eigenvalue weighted by Crippen LogP contribution is -1.95. The molecule has 0 amide bonds. The number of benzene rings is 1. The van der Waals surface area contributed by atoms with Crippen LogP contribution in [0.1, 0.15) is 12.5 Å². The maximum Gasteiger partial charge on any atom is 0.333 e. The Morgan fingerprint density at radius 2 is 2.05 bits per heavy atom. The summed E-state index contributed by atoms with van der Waals surface area (Å²) in [4.78, 5) is 20.3. The number of rotatable bonds is 4. The Kier molecular flexibility index (Phi) is 6.29. The van der Waals surface area contributed by atoms with Crippen molar-refractivity contribution in [1.82, 2.24) is 0 Å². The highest BCUT2D eigenvalue weighted by Gasteiger charge is 2.23. The summed E-state index contributed by atoms with van der Waals surface area (Å²) in [7, 11) is 1.61. The van der Waals surface area contributed by atoms with Crippen molar-refractivity contribution in [3.63, 3.8) is 0 Å². The van der Waals surface area contributed by atoms with Crippen LogP contribution < -0.4 is 4.74 Å². The van der Waals surface area contributed by atoms with Crippen LogP contribution in [-0.4, -0.2) is 26.2 Å². The molecule has 20 heavy (non-hydrogen) atoms. The highest BCUT2D eigenvalue weighted by atomic mass is 16.5. The van der Waals surface area contributed by atoms with Gasteiger partial charge in [-0.2, -0.15) is 0 Å². The summed E-state index contributed by atoms with van der Waals surface area (Å²) in [6.07, 6.45) is 0. The van der Waals surface area contributed by atoms with Gasteiger partial charge in [-0.05, 0) is 17.7 Å². The fourth-order valence-corrected chi connectivity index (χ4v) is 1.45. The Bertz CT molecular complexity index is 464. The molecule has 0 bridgehead atoms. The molecule has 1 heterocycles. The van der Waals surface area contributed by atoms with Crippen LogP contribution in [0.2, 0.25) is 0 Å². The van der Waals surface area contributed by atoms with Crippen molar-refractivity contribution in [2.45, 2.75) is 13.5 Å². The summed E-state index contributed by atoms with van der Waals surface area (Å²) < 4.78 is 14.2. The van der Waals surface area contributed by atoms with Gasteiger partial charge in [0, 0.05) is 11.5 Å². The van der Waals surface area contributed by atoms with E-state index in [4.69, 9.17) is 4.74 Å². The first-order valence-electron chi connectivity index (χ1n) is 6.12. The topological polar surface area (TPSA) is 61.8 Å². The average Bonchev–Trinajstić information content (AvgIpc) is 2.77. The molecule has 5 nitrogen and oxygen atoms in total. The average molecular weight is 278 g/mol. The first-order valence-corrected chi connectivity index (χ1v) is 6.12. The van der Waals surface area contributed by atoms with Crippen molar-refractivity contribution in [3.05, 3.63) is 42.0 Å². The Morgan fingerprint density at radius 1 is 1.40 bits per heavy atom. The maximum atomic E-state index is 10.5. The second kappa shape index (κ2) is 7.99. The number of carbonyl (C=O) groups is 2. The maximum absolute atomic E-state index is 10.5. The summed E-state index contributed by atoms with van der Waals surface area (Å²) in [5.74, 6) is 0.782. The van der Waals surface area contributed by atoms with Gasteiger partial charge in [0.2, 0.25) is 0 Å². The van der Waals surface area contributed by atoms with E-state index in [1.165, 1.54) is 0 Å². The first kappa shape index (κ1) is 15.8. The predicted octanol–water partition coefficient (Wildman–Crippen LogP) is 2.10. The number of hydrogen-bond acceptors (Lipinski definition) is 5. The van der Waals surface area contributed by atoms with E-state index in [1.807, 2.05) is 31.2 Å². The van der Waals surface area contributed by atoms with E-state index in [9.17, 15) is 9.59 Å². The molecule has 0 aliphatic carbocycles. The molecule has 1 unspecified atom stereocenters. The third-order valence-electron chi connectivity index (χ3n) is 2.80. The molecule has 1 aliphatic heterocycles. The van der Waals surface area contributed by atoms with Crippen molar-refractivity contribution < 1.29 is 23.8 Å². The summed E-state index contributed by atoms with van der Waals surface area (Å²) >= 11 is 0. The minimum atomic E-state index is -0.238. The molecule has 1 aliphatic rings. The van der Waals surface area contributed by atoms with Gasteiger partial charge in [0.15, 0.2) is 0 Å². The van der Waals surface area contributed by atoms with Gasteiger partial charge in [-0.3, -0.25) is 4.79 Å². The lowest BCUT2D eigenvalue weighted by Gasteiger charge is -2.01. The predicted molar refractivity (Wildman–Crippen MR) is 73.1 cm³/mol. The molecule has 1 aromatic rings. The molecule has 1 fully saturated rings. The number of esters is 1. The van der Waals surface area contributed by atoms with Gasteiger partial charge in [0.25, 0.3) is 6.47 Å². The van der Waals surface area contributed by atoms with Crippen LogP contribution in [0.15, 0.2) is 36.4 Å². The number of carbonyl (C=O) groups excluding carboxylic acids is 2. The van der Waals surface area contributed by atoms with E-state index >= 15 is 0 Å². The molecule has 108 valence electrons. The van der Waals surface area contributed by atoms with E-state index in [1.54, 1.807) is 7.11 Å². The van der Waals surface area contributed by atoms with E-state index in [0.717, 1.165) is 11.3 Å². The van der Waals surface area contributed by atoms with Crippen molar-refractivity contribution in [2.75, 3.05) is 13.7 Å². The summed E-state index contributed by atoms with van der Waals surface area (Å²) in [5.41, 5.74) is 1.55. The van der Waals surface area contributed by atoms with Crippen LogP contribution in [0.3, 0.4) is 0 Å². The van der Waals surface area contributed by atoms with Gasteiger partial charge in [-0.1, -0.05) is 25.6 Å². The summed E-state index contributed by atoms with van der Waals surface area (Å²) in [6.45, 7) is 6.72. The zero-order valence-corrected chi connectivity index (χ0v) is 11.6. The van der Waals surface area contributed by atoms with Crippen molar-refractivity contribution in [1.29, 1.82) is 0 Å². The Hall–Kier alpha value is -2.30. The lowest BCUT2D eigenvalue weighted by molar-refractivity contribution is -0.135. The van der Waals surface area contributed by atoms with Crippen molar-refractivity contribution in [2.24, 2.45) is 5.92 Å². The lowest BCUT2D eigenvalue weighted by atomic mass is 10.1. The second-order valence-corrected chi connectivity index (χ2v) is 4.28. The molecule has 5 heteroatoms. The summed E-state index contributed by atoms with van der Waals surface area (Å²) in [6, 6.07) is 7.34. The van der Waals surface area contributed by atoms with Gasteiger partial charge in [0.05, 0.1) is 13.7 Å². The van der Waals surface area contributed by atoms with Gasteiger partial charge in [-0.25, -0.2) is 4.79 Å². The third kappa shape index (κ3) is 4.76. The molecule has 0 N–H and O–H groups in total. The molecule has 0 spiro atoms. The van der Waals surface area contributed by atoms with E-state index < -0.39 is 0 Å². The van der Waals surface area contributed by atoms with E-state index in [2.05, 4.69) is 16.1 Å². The van der Waals surface area contributed by atoms with Crippen molar-refractivity contribution in [3.8, 4) is 5.75 Å². The van der Waals surface area contributed by atoms with Crippen LogP contribution in [0.4, 0.5) is 0 Å². The van der Waals surface area contributed by atoms with E-state index in [-0.39, 0.29) is 11.9 Å². The van der Waals surface area contributed by atoms with Gasteiger partial charge >= 0.3 is 5.97 Å². The molecule has 0 aromatic heterocycles. The van der Waals surface area contributed by atoms with Crippen molar-refractivity contribution >= 4 is 12.4 Å². The molecular formula is C15H18O5. The zero-order chi connectivity index (χ0) is 15.0. The SMILES string of the molecule is C=C1C(=O)OCC1C.COc1ccc(COC=O)cc1. The molecule has 1 aromatic carbocycles. The Balaban J connectivity index is 0.000000217. The van der Waals surface area contributed by atoms with Crippen LogP contribution in [0, 0.1) is 5.92 Å². The monoisotopic (exact) mass is 278 g/mol. The number of ether oxygens (including phenoxy) is 3. The first-order chi connectivity index (χ1) is 9.58. The highest BCUT2D eigenvalue weighted by Crippen LogP contribution is 2.17. The van der Waals surface area contributed by atoms with E-state index in [0.29, 0.717) is 25.3 Å². The number of hydrogen-bond donors (Lipinski definition) is 0. The van der Waals surface area contributed by atoms with Gasteiger partial charge in [-0.15, -0.1) is 0 Å². The number of cyclic esters (lactones) is 1. The molecule has 1 atom stereocenters. The standard InChI is InChI=1S/C9H10O3.C6H8O2/c1-11-9-4-2-8(3-5-9)6-12-7-10;1-4-3-8-6(7)5(4)2/h2-5,7H,6H2,1H3;4H,2-3H2,1H3. The molecule has 2 rings (SSSR count). The molecular weight excluding hydrogens is 260 g/mol. The number of methoxy groups -OCH3 is 1. The largest absolute Gasteiger partial charge is 0.497 e. The van der Waals surface area contributed by atoms with Gasteiger partial charge < -0.3 is 14.2 Å². The third-order valence-corrected chi connectivity index (χ3v) is 2.80. The molecule has 0 radical (unpaired) electrons. The molecule has 0 saturated carbocycles. The zero-order valence-electron chi connectivity index (χ0n) is 11.6. The van der Waals surface area contributed by atoms with Crippen LogP contribution >= 0.6 is 0 Å². The van der Waals surface area contributed by atoms with Gasteiger partial charge in [0.1, 0.15) is 12.4 Å². The summed E-state index contributed by atoms with van der Waals surface area (Å²) in [5, 5.41) is 0. The fraction of sp³-hybridized carbons (Fsp3) is 0.333.